The molecule has 7 heteroatoms. The predicted molar refractivity (Wildman–Crippen MR) is 109 cm³/mol. The molecular formula is C19H18Cl2N2O2S. The van der Waals surface area contributed by atoms with E-state index in [0.717, 1.165) is 12.0 Å². The molecule has 0 bridgehead atoms. The fraction of sp³-hybridized carbons (Fsp3) is 0.263. The quantitative estimate of drug-likeness (QED) is 0.740. The van der Waals surface area contributed by atoms with E-state index in [1.807, 2.05) is 25.1 Å². The van der Waals surface area contributed by atoms with E-state index in [2.05, 4.69) is 4.99 Å². The highest BCUT2D eigenvalue weighted by atomic mass is 35.5. The highest BCUT2D eigenvalue weighted by molar-refractivity contribution is 7.85. The van der Waals surface area contributed by atoms with Gasteiger partial charge in [0.25, 0.3) is 0 Å². The fourth-order valence-electron chi connectivity index (χ4n) is 2.85. The van der Waals surface area contributed by atoms with Gasteiger partial charge in [0.05, 0.1) is 11.4 Å². The van der Waals surface area contributed by atoms with Crippen molar-refractivity contribution in [3.63, 3.8) is 0 Å². The summed E-state index contributed by atoms with van der Waals surface area (Å²) in [5.41, 5.74) is 2.72. The zero-order valence-corrected chi connectivity index (χ0v) is 16.6. The molecule has 2 aromatic rings. The van der Waals surface area contributed by atoms with Crippen LogP contribution in [-0.2, 0) is 15.6 Å². The lowest BCUT2D eigenvalue weighted by Crippen LogP contribution is -2.35. The lowest BCUT2D eigenvalue weighted by molar-refractivity contribution is -0.117. The summed E-state index contributed by atoms with van der Waals surface area (Å²) in [7, 11) is -1.12. The number of carbonyl (C=O) groups is 1. The maximum absolute atomic E-state index is 12.7. The minimum atomic E-state index is -1.12. The van der Waals surface area contributed by atoms with Crippen LogP contribution >= 0.6 is 23.2 Å². The number of nitrogens with zero attached hydrogens (tertiary/aromatic N) is 2. The molecule has 0 radical (unpaired) electrons. The van der Waals surface area contributed by atoms with Gasteiger partial charge in [0.15, 0.2) is 0 Å². The Balaban J connectivity index is 2.12. The SMILES string of the molecule is CCCS(=O)CN1C(=O)CN=C(c2ccccc2Cl)c2cc(Cl)ccc21. The smallest absolute Gasteiger partial charge is 0.249 e. The predicted octanol–water partition coefficient (Wildman–Crippen LogP) is 4.29. The van der Waals surface area contributed by atoms with E-state index in [-0.39, 0.29) is 18.3 Å². The van der Waals surface area contributed by atoms with Gasteiger partial charge in [-0.2, -0.15) is 0 Å². The number of benzodiazepines with no additional fused rings is 1. The summed E-state index contributed by atoms with van der Waals surface area (Å²) >= 11 is 12.6. The van der Waals surface area contributed by atoms with Crippen LogP contribution in [0.4, 0.5) is 5.69 Å². The molecule has 1 heterocycles. The number of benzene rings is 2. The van der Waals surface area contributed by atoms with Crippen LogP contribution in [0.1, 0.15) is 24.5 Å². The molecule has 1 atom stereocenters. The largest absolute Gasteiger partial charge is 0.298 e. The van der Waals surface area contributed by atoms with Gasteiger partial charge in [0.2, 0.25) is 5.91 Å². The molecule has 1 aliphatic rings. The molecule has 0 spiro atoms. The molecule has 2 aromatic carbocycles. The molecule has 0 saturated heterocycles. The lowest BCUT2D eigenvalue weighted by Gasteiger charge is -2.23. The number of carbonyl (C=O) groups excluding carboxylic acids is 1. The molecule has 136 valence electrons. The van der Waals surface area contributed by atoms with E-state index in [1.54, 1.807) is 29.2 Å². The number of rotatable bonds is 5. The number of halogens is 2. The Morgan fingerprint density at radius 3 is 2.65 bits per heavy atom. The van der Waals surface area contributed by atoms with Gasteiger partial charge in [0, 0.05) is 37.7 Å². The number of fused-ring (bicyclic) bond motifs is 1. The van der Waals surface area contributed by atoms with Gasteiger partial charge in [-0.25, -0.2) is 0 Å². The molecule has 0 saturated carbocycles. The van der Waals surface area contributed by atoms with Crippen LogP contribution in [0.15, 0.2) is 47.5 Å². The van der Waals surface area contributed by atoms with Crippen LogP contribution < -0.4 is 4.90 Å². The number of anilines is 1. The van der Waals surface area contributed by atoms with E-state index >= 15 is 0 Å². The Labute approximate surface area is 165 Å². The molecule has 1 amide bonds. The van der Waals surface area contributed by atoms with Crippen LogP contribution in [0.3, 0.4) is 0 Å². The first-order chi connectivity index (χ1) is 12.5. The van der Waals surface area contributed by atoms with Crippen LogP contribution in [0, 0.1) is 0 Å². The average Bonchev–Trinajstić information content (AvgIpc) is 2.73. The second kappa shape index (κ2) is 8.33. The first-order valence-electron chi connectivity index (χ1n) is 8.26. The van der Waals surface area contributed by atoms with E-state index in [1.165, 1.54) is 0 Å². The first-order valence-corrected chi connectivity index (χ1v) is 10.5. The number of hydrogen-bond acceptors (Lipinski definition) is 3. The number of amides is 1. The van der Waals surface area contributed by atoms with Crippen molar-refractivity contribution in [3.8, 4) is 0 Å². The standard InChI is InChI=1S/C19H18Cl2N2O2S/c1-2-9-26(25)12-23-17-8-7-13(20)10-15(17)19(22-11-18(23)24)14-5-3-4-6-16(14)21/h3-8,10H,2,9,11-12H2,1H3. The molecule has 3 rings (SSSR count). The van der Waals surface area contributed by atoms with Gasteiger partial charge < -0.3 is 0 Å². The van der Waals surface area contributed by atoms with Gasteiger partial charge in [-0.05, 0) is 30.7 Å². The van der Waals surface area contributed by atoms with Crippen molar-refractivity contribution in [1.29, 1.82) is 0 Å². The normalized spacial score (nSPS) is 15.3. The highest BCUT2D eigenvalue weighted by Gasteiger charge is 2.27. The third kappa shape index (κ3) is 4.00. The van der Waals surface area contributed by atoms with E-state index in [0.29, 0.717) is 32.8 Å². The molecule has 0 N–H and O–H groups in total. The Morgan fingerprint density at radius 2 is 1.92 bits per heavy atom. The summed E-state index contributed by atoms with van der Waals surface area (Å²) in [5, 5.41) is 1.08. The van der Waals surface area contributed by atoms with Gasteiger partial charge in [-0.3, -0.25) is 18.9 Å². The van der Waals surface area contributed by atoms with Crippen molar-refractivity contribution in [1.82, 2.24) is 0 Å². The molecule has 0 aliphatic carbocycles. The van der Waals surface area contributed by atoms with Gasteiger partial charge in [-0.15, -0.1) is 0 Å². The van der Waals surface area contributed by atoms with E-state index in [4.69, 9.17) is 23.2 Å². The Kier molecular flexibility index (Phi) is 6.12. The summed E-state index contributed by atoms with van der Waals surface area (Å²) < 4.78 is 12.3. The topological polar surface area (TPSA) is 49.7 Å². The van der Waals surface area contributed by atoms with Crippen molar-refractivity contribution in [3.05, 3.63) is 63.6 Å². The van der Waals surface area contributed by atoms with Crippen LogP contribution in [0.5, 0.6) is 0 Å². The van der Waals surface area contributed by atoms with Crippen LogP contribution in [-0.4, -0.2) is 34.0 Å². The van der Waals surface area contributed by atoms with E-state index in [9.17, 15) is 9.00 Å². The molecule has 1 unspecified atom stereocenters. The van der Waals surface area contributed by atoms with Gasteiger partial charge in [-0.1, -0.05) is 48.3 Å². The molecule has 0 aromatic heterocycles. The van der Waals surface area contributed by atoms with Crippen molar-refractivity contribution in [2.45, 2.75) is 13.3 Å². The monoisotopic (exact) mass is 408 g/mol. The van der Waals surface area contributed by atoms with Crippen molar-refractivity contribution < 1.29 is 9.00 Å². The summed E-state index contributed by atoms with van der Waals surface area (Å²) in [6, 6.07) is 12.6. The summed E-state index contributed by atoms with van der Waals surface area (Å²) in [5.74, 6) is 0.498. The zero-order valence-electron chi connectivity index (χ0n) is 14.2. The third-order valence-electron chi connectivity index (χ3n) is 4.01. The van der Waals surface area contributed by atoms with Crippen LogP contribution in [0.2, 0.25) is 10.0 Å². The zero-order chi connectivity index (χ0) is 18.7. The summed E-state index contributed by atoms with van der Waals surface area (Å²) in [4.78, 5) is 18.7. The first kappa shape index (κ1) is 19.1. The second-order valence-electron chi connectivity index (χ2n) is 5.90. The maximum atomic E-state index is 12.7. The van der Waals surface area contributed by atoms with Gasteiger partial charge in [0.1, 0.15) is 12.4 Å². The molecule has 4 nitrogen and oxygen atoms in total. The van der Waals surface area contributed by atoms with Gasteiger partial charge >= 0.3 is 0 Å². The molecule has 0 fully saturated rings. The van der Waals surface area contributed by atoms with Crippen LogP contribution in [0.25, 0.3) is 0 Å². The number of hydrogen-bond donors (Lipinski definition) is 0. The number of aliphatic imine (C=N–C) groups is 1. The Bertz CT molecular complexity index is 899. The Morgan fingerprint density at radius 1 is 1.15 bits per heavy atom. The molecule has 1 aliphatic heterocycles. The van der Waals surface area contributed by atoms with Crippen molar-refractivity contribution in [2.24, 2.45) is 4.99 Å². The lowest BCUT2D eigenvalue weighted by atomic mass is 10.0. The summed E-state index contributed by atoms with van der Waals surface area (Å²) in [6.45, 7) is 1.94. The highest BCUT2D eigenvalue weighted by Crippen LogP contribution is 2.31. The minimum absolute atomic E-state index is 0.0316. The summed E-state index contributed by atoms with van der Waals surface area (Å²) in [6.07, 6.45) is 0.795. The fourth-order valence-corrected chi connectivity index (χ4v) is 4.40. The second-order valence-corrected chi connectivity index (χ2v) is 8.29. The van der Waals surface area contributed by atoms with Crippen molar-refractivity contribution >= 4 is 51.3 Å². The average molecular weight is 409 g/mol. The molecule has 26 heavy (non-hydrogen) atoms. The maximum Gasteiger partial charge on any atom is 0.249 e. The molecular weight excluding hydrogens is 391 g/mol. The third-order valence-corrected chi connectivity index (χ3v) is 5.99. The Hall–Kier alpha value is -1.69. The van der Waals surface area contributed by atoms with Crippen molar-refractivity contribution in [2.75, 3.05) is 23.1 Å². The minimum Gasteiger partial charge on any atom is -0.298 e. The van der Waals surface area contributed by atoms with E-state index < -0.39 is 10.8 Å².